The molecule has 2 atom stereocenters. The van der Waals surface area contributed by atoms with Crippen LogP contribution in [-0.2, 0) is 0 Å². The van der Waals surface area contributed by atoms with Gasteiger partial charge in [0.25, 0.3) is 0 Å². The Hall–Kier alpha value is -2.74. The van der Waals surface area contributed by atoms with Crippen molar-refractivity contribution in [2.24, 2.45) is 0 Å². The topological polar surface area (TPSA) is 40.5 Å². The molecular formula is C24H26O2. The highest BCUT2D eigenvalue weighted by Crippen LogP contribution is 2.31. The lowest BCUT2D eigenvalue weighted by Gasteiger charge is -2.17. The second-order valence-corrected chi connectivity index (χ2v) is 7.20. The second-order valence-electron chi connectivity index (χ2n) is 7.20. The lowest BCUT2D eigenvalue weighted by atomic mass is 9.88. The minimum absolute atomic E-state index is 0.273. The molecule has 2 unspecified atom stereocenters. The summed E-state index contributed by atoms with van der Waals surface area (Å²) in [5.74, 6) is 1.23. The van der Waals surface area contributed by atoms with Gasteiger partial charge >= 0.3 is 0 Å². The van der Waals surface area contributed by atoms with Gasteiger partial charge in [-0.3, -0.25) is 0 Å². The Morgan fingerprint density at radius 3 is 1.15 bits per heavy atom. The fourth-order valence-corrected chi connectivity index (χ4v) is 3.35. The highest BCUT2D eigenvalue weighted by molar-refractivity contribution is 5.43. The molecule has 0 aromatic heterocycles. The molecule has 26 heavy (non-hydrogen) atoms. The first-order valence-corrected chi connectivity index (χ1v) is 9.05. The molecule has 0 fully saturated rings. The van der Waals surface area contributed by atoms with Crippen LogP contribution in [0.3, 0.4) is 0 Å². The van der Waals surface area contributed by atoms with Crippen LogP contribution in [0.25, 0.3) is 0 Å². The van der Waals surface area contributed by atoms with E-state index in [1.54, 1.807) is 12.1 Å². The van der Waals surface area contributed by atoms with E-state index in [1.807, 2.05) is 26.0 Å². The molecule has 0 amide bonds. The molecule has 3 aromatic rings. The second kappa shape index (κ2) is 7.25. The summed E-state index contributed by atoms with van der Waals surface area (Å²) < 4.78 is 0. The quantitative estimate of drug-likeness (QED) is 0.606. The van der Waals surface area contributed by atoms with Crippen molar-refractivity contribution in [1.82, 2.24) is 0 Å². The SMILES string of the molecule is Cc1cc(C(C)c2ccc(C(C)c3ccc(O)c(C)c3)cc2)ccc1O. The molecule has 2 heteroatoms. The van der Waals surface area contributed by atoms with Gasteiger partial charge in [-0.15, -0.1) is 0 Å². The first kappa shape index (κ1) is 18.1. The number of aromatic hydroxyl groups is 2. The average Bonchev–Trinajstić information content (AvgIpc) is 2.65. The van der Waals surface area contributed by atoms with Gasteiger partial charge in [0.05, 0.1) is 0 Å². The molecule has 3 rings (SSSR count). The van der Waals surface area contributed by atoms with Gasteiger partial charge < -0.3 is 10.2 Å². The molecule has 134 valence electrons. The molecule has 3 aromatic carbocycles. The monoisotopic (exact) mass is 346 g/mol. The molecule has 0 radical (unpaired) electrons. The highest BCUT2D eigenvalue weighted by Gasteiger charge is 2.13. The van der Waals surface area contributed by atoms with Crippen LogP contribution in [-0.4, -0.2) is 10.2 Å². The van der Waals surface area contributed by atoms with E-state index >= 15 is 0 Å². The van der Waals surface area contributed by atoms with Gasteiger partial charge in [0.2, 0.25) is 0 Å². The maximum absolute atomic E-state index is 9.72. The number of phenols is 2. The fraction of sp³-hybridized carbons (Fsp3) is 0.250. The minimum atomic E-state index is 0.273. The summed E-state index contributed by atoms with van der Waals surface area (Å²) in [6.07, 6.45) is 0. The number of hydrogen-bond acceptors (Lipinski definition) is 2. The van der Waals surface area contributed by atoms with Gasteiger partial charge in [-0.1, -0.05) is 62.4 Å². The Morgan fingerprint density at radius 1 is 0.538 bits per heavy atom. The highest BCUT2D eigenvalue weighted by atomic mass is 16.3. The maximum atomic E-state index is 9.72. The lowest BCUT2D eigenvalue weighted by Crippen LogP contribution is -2.00. The molecule has 0 aliphatic rings. The number of benzene rings is 3. The Bertz CT molecular complexity index is 833. The van der Waals surface area contributed by atoms with Crippen LogP contribution in [0.15, 0.2) is 60.7 Å². The molecule has 0 bridgehead atoms. The van der Waals surface area contributed by atoms with E-state index in [-0.39, 0.29) is 11.8 Å². The number of rotatable bonds is 4. The first-order valence-electron chi connectivity index (χ1n) is 9.05. The van der Waals surface area contributed by atoms with E-state index in [0.29, 0.717) is 11.5 Å². The Morgan fingerprint density at radius 2 is 0.846 bits per heavy atom. The van der Waals surface area contributed by atoms with Crippen LogP contribution in [0.4, 0.5) is 0 Å². The van der Waals surface area contributed by atoms with Crippen LogP contribution in [0.2, 0.25) is 0 Å². The maximum Gasteiger partial charge on any atom is 0.118 e. The van der Waals surface area contributed by atoms with Gasteiger partial charge in [-0.2, -0.15) is 0 Å². The fourth-order valence-electron chi connectivity index (χ4n) is 3.35. The first-order chi connectivity index (χ1) is 12.4. The van der Waals surface area contributed by atoms with E-state index in [0.717, 1.165) is 11.1 Å². The number of aryl methyl sites for hydroxylation is 2. The Labute approximate surface area is 155 Å². The molecule has 0 aliphatic carbocycles. The van der Waals surface area contributed by atoms with Crippen LogP contribution >= 0.6 is 0 Å². The molecule has 0 spiro atoms. The summed E-state index contributed by atoms with van der Waals surface area (Å²) in [6.45, 7) is 8.23. The third kappa shape index (κ3) is 3.60. The van der Waals surface area contributed by atoms with Gasteiger partial charge in [0.15, 0.2) is 0 Å². The summed E-state index contributed by atoms with van der Waals surface area (Å²) >= 11 is 0. The minimum Gasteiger partial charge on any atom is -0.508 e. The van der Waals surface area contributed by atoms with E-state index < -0.39 is 0 Å². The summed E-state index contributed by atoms with van der Waals surface area (Å²) in [5.41, 5.74) is 6.73. The van der Waals surface area contributed by atoms with Crippen molar-refractivity contribution in [1.29, 1.82) is 0 Å². The molecule has 0 saturated carbocycles. The van der Waals surface area contributed by atoms with E-state index in [2.05, 4.69) is 50.2 Å². The van der Waals surface area contributed by atoms with E-state index in [1.165, 1.54) is 22.3 Å². The van der Waals surface area contributed by atoms with Gasteiger partial charge in [0.1, 0.15) is 11.5 Å². The summed E-state index contributed by atoms with van der Waals surface area (Å²) in [7, 11) is 0. The standard InChI is InChI=1S/C24H26O2/c1-15-13-21(9-11-23(15)25)17(3)19-5-7-20(8-6-19)18(4)22-10-12-24(26)16(2)14-22/h5-14,17-18,25-26H,1-4H3. The van der Waals surface area contributed by atoms with Crippen LogP contribution < -0.4 is 0 Å². The summed E-state index contributed by atoms with van der Waals surface area (Å²) in [4.78, 5) is 0. The van der Waals surface area contributed by atoms with Crippen LogP contribution in [0, 0.1) is 13.8 Å². The normalized spacial score (nSPS) is 13.4. The summed E-state index contributed by atoms with van der Waals surface area (Å²) in [6, 6.07) is 20.4. The van der Waals surface area contributed by atoms with Gasteiger partial charge in [-0.05, 0) is 59.4 Å². The number of hydrogen-bond donors (Lipinski definition) is 2. The molecule has 2 N–H and O–H groups in total. The zero-order valence-electron chi connectivity index (χ0n) is 15.8. The van der Waals surface area contributed by atoms with Crippen molar-refractivity contribution >= 4 is 0 Å². The smallest absolute Gasteiger partial charge is 0.118 e. The predicted octanol–water partition coefficient (Wildman–Crippen LogP) is 6.02. The third-order valence-corrected chi connectivity index (χ3v) is 5.38. The van der Waals surface area contributed by atoms with Crippen LogP contribution in [0.5, 0.6) is 11.5 Å². The van der Waals surface area contributed by atoms with Crippen molar-refractivity contribution in [2.45, 2.75) is 39.5 Å². The predicted molar refractivity (Wildman–Crippen MR) is 107 cm³/mol. The van der Waals surface area contributed by atoms with Crippen molar-refractivity contribution in [3.63, 3.8) is 0 Å². The van der Waals surface area contributed by atoms with E-state index in [9.17, 15) is 10.2 Å². The average molecular weight is 346 g/mol. The Balaban J connectivity index is 1.83. The largest absolute Gasteiger partial charge is 0.508 e. The molecule has 0 saturated heterocycles. The molecular weight excluding hydrogens is 320 g/mol. The van der Waals surface area contributed by atoms with Gasteiger partial charge in [-0.25, -0.2) is 0 Å². The molecule has 0 heterocycles. The van der Waals surface area contributed by atoms with Crippen molar-refractivity contribution in [2.75, 3.05) is 0 Å². The van der Waals surface area contributed by atoms with E-state index in [4.69, 9.17) is 0 Å². The van der Waals surface area contributed by atoms with Crippen LogP contribution in [0.1, 0.15) is 59.1 Å². The summed E-state index contributed by atoms with van der Waals surface area (Å²) in [5, 5.41) is 19.4. The third-order valence-electron chi connectivity index (χ3n) is 5.38. The van der Waals surface area contributed by atoms with Crippen molar-refractivity contribution in [3.8, 4) is 11.5 Å². The Kier molecular flexibility index (Phi) is 5.03. The zero-order valence-corrected chi connectivity index (χ0v) is 15.8. The number of phenolic OH excluding ortho intramolecular Hbond substituents is 2. The van der Waals surface area contributed by atoms with Crippen molar-refractivity contribution in [3.05, 3.63) is 94.0 Å². The molecule has 2 nitrogen and oxygen atoms in total. The lowest BCUT2D eigenvalue weighted by molar-refractivity contribution is 0.470. The van der Waals surface area contributed by atoms with Crippen molar-refractivity contribution < 1.29 is 10.2 Å². The zero-order chi connectivity index (χ0) is 18.8. The molecule has 0 aliphatic heterocycles. The van der Waals surface area contributed by atoms with Gasteiger partial charge in [0, 0.05) is 11.8 Å².